The van der Waals surface area contributed by atoms with E-state index in [9.17, 15) is 4.79 Å². The number of carbonyl (C=O) groups is 1. The molecule has 88 valence electrons. The zero-order valence-corrected chi connectivity index (χ0v) is 10.1. The Morgan fingerprint density at radius 3 is 2.88 bits per heavy atom. The summed E-state index contributed by atoms with van der Waals surface area (Å²) in [6, 6.07) is 8.01. The summed E-state index contributed by atoms with van der Waals surface area (Å²) >= 11 is 0. The third-order valence-electron chi connectivity index (χ3n) is 3.25. The number of fused-ring (bicyclic) bond motifs is 3. The van der Waals surface area contributed by atoms with Gasteiger partial charge in [-0.25, -0.2) is 0 Å². The second-order valence-corrected chi connectivity index (χ2v) is 4.72. The molecule has 1 aliphatic rings. The summed E-state index contributed by atoms with van der Waals surface area (Å²) in [5, 5.41) is 1.01. The minimum absolute atomic E-state index is 0.00490. The molecule has 0 saturated carbocycles. The molecule has 3 nitrogen and oxygen atoms in total. The van der Waals surface area contributed by atoms with Crippen molar-refractivity contribution in [1.29, 1.82) is 0 Å². The quantitative estimate of drug-likeness (QED) is 0.741. The lowest BCUT2D eigenvalue weighted by Crippen LogP contribution is -2.08. The lowest BCUT2D eigenvalue weighted by atomic mass is 10.0. The van der Waals surface area contributed by atoms with Gasteiger partial charge in [-0.05, 0) is 6.07 Å². The summed E-state index contributed by atoms with van der Waals surface area (Å²) in [7, 11) is 0. The first-order valence-corrected chi connectivity index (χ1v) is 5.98. The number of Topliss-reactive ketones (excluding diaryl/α,β-unsaturated/α-hetero) is 1. The van der Waals surface area contributed by atoms with Crippen molar-refractivity contribution in [3.8, 4) is 5.88 Å². The molecule has 2 aromatic rings. The van der Waals surface area contributed by atoms with E-state index < -0.39 is 0 Å². The second-order valence-electron chi connectivity index (χ2n) is 4.72. The second kappa shape index (κ2) is 3.62. The Morgan fingerprint density at radius 2 is 2.12 bits per heavy atom. The third-order valence-corrected chi connectivity index (χ3v) is 3.25. The average molecular weight is 229 g/mol. The molecule has 0 atom stereocenters. The average Bonchev–Trinajstić information content (AvgIpc) is 2.87. The fourth-order valence-electron chi connectivity index (χ4n) is 2.41. The van der Waals surface area contributed by atoms with Gasteiger partial charge in [0, 0.05) is 11.3 Å². The predicted octanol–water partition coefficient (Wildman–Crippen LogP) is 2.87. The predicted molar refractivity (Wildman–Crippen MR) is 66.6 cm³/mol. The zero-order valence-electron chi connectivity index (χ0n) is 10.1. The Kier molecular flexibility index (Phi) is 2.21. The van der Waals surface area contributed by atoms with Gasteiger partial charge < -0.3 is 9.30 Å². The smallest absolute Gasteiger partial charge is 0.205 e. The van der Waals surface area contributed by atoms with Crippen molar-refractivity contribution in [2.24, 2.45) is 5.92 Å². The standard InChI is InChI=1S/C14H15NO2/c1-9(2)13(16)12-10-5-3-4-6-11(10)15-7-8-17-14(12)15/h3-6,9H,7-8H2,1-2H3. The maximum atomic E-state index is 12.3. The maximum Gasteiger partial charge on any atom is 0.205 e. The largest absolute Gasteiger partial charge is 0.476 e. The Bertz CT molecular complexity index is 596. The van der Waals surface area contributed by atoms with Gasteiger partial charge in [-0.2, -0.15) is 0 Å². The van der Waals surface area contributed by atoms with E-state index in [1.165, 1.54) is 0 Å². The van der Waals surface area contributed by atoms with Gasteiger partial charge in [0.25, 0.3) is 0 Å². The number of rotatable bonds is 2. The number of ketones is 1. The molecule has 0 aliphatic carbocycles. The van der Waals surface area contributed by atoms with Crippen LogP contribution in [-0.2, 0) is 6.54 Å². The lowest BCUT2D eigenvalue weighted by molar-refractivity contribution is 0.0938. The van der Waals surface area contributed by atoms with Gasteiger partial charge in [0.15, 0.2) is 5.78 Å². The Labute approximate surface area is 100.0 Å². The first kappa shape index (κ1) is 10.4. The van der Waals surface area contributed by atoms with Crippen molar-refractivity contribution in [1.82, 2.24) is 4.57 Å². The highest BCUT2D eigenvalue weighted by molar-refractivity contribution is 6.11. The van der Waals surface area contributed by atoms with Gasteiger partial charge >= 0.3 is 0 Å². The highest BCUT2D eigenvalue weighted by Gasteiger charge is 2.27. The van der Waals surface area contributed by atoms with E-state index in [4.69, 9.17) is 4.74 Å². The summed E-state index contributed by atoms with van der Waals surface area (Å²) in [6.45, 7) is 5.35. The number of nitrogens with zero attached hydrogens (tertiary/aromatic N) is 1. The van der Waals surface area contributed by atoms with E-state index in [1.807, 2.05) is 38.1 Å². The lowest BCUT2D eigenvalue weighted by Gasteiger charge is -2.04. The number of aromatic nitrogens is 1. The van der Waals surface area contributed by atoms with Gasteiger partial charge in [0.1, 0.15) is 6.61 Å². The van der Waals surface area contributed by atoms with Crippen LogP contribution in [0.15, 0.2) is 24.3 Å². The summed E-state index contributed by atoms with van der Waals surface area (Å²) in [5.41, 5.74) is 1.86. The molecular formula is C14H15NO2. The van der Waals surface area contributed by atoms with Gasteiger partial charge in [-0.3, -0.25) is 4.79 Å². The van der Waals surface area contributed by atoms with Gasteiger partial charge in [0.05, 0.1) is 17.6 Å². The Hall–Kier alpha value is -1.77. The molecular weight excluding hydrogens is 214 g/mol. The van der Waals surface area contributed by atoms with Crippen LogP contribution in [0.3, 0.4) is 0 Å². The van der Waals surface area contributed by atoms with Crippen LogP contribution in [0.5, 0.6) is 5.88 Å². The van der Waals surface area contributed by atoms with Gasteiger partial charge in [-0.15, -0.1) is 0 Å². The molecule has 0 radical (unpaired) electrons. The SMILES string of the molecule is CC(C)C(=O)c1c2n(c3ccccc13)CCO2. The van der Waals surface area contributed by atoms with Crippen molar-refractivity contribution in [2.75, 3.05) is 6.61 Å². The van der Waals surface area contributed by atoms with E-state index in [0.717, 1.165) is 28.9 Å². The molecule has 1 aliphatic heterocycles. The monoisotopic (exact) mass is 229 g/mol. The zero-order chi connectivity index (χ0) is 12.0. The van der Waals surface area contributed by atoms with Crippen LogP contribution in [0.25, 0.3) is 10.9 Å². The van der Waals surface area contributed by atoms with E-state index in [2.05, 4.69) is 4.57 Å². The molecule has 1 aromatic carbocycles. The molecule has 1 aromatic heterocycles. The van der Waals surface area contributed by atoms with E-state index in [0.29, 0.717) is 6.61 Å². The molecule has 0 bridgehead atoms. The summed E-state index contributed by atoms with van der Waals surface area (Å²) in [6.07, 6.45) is 0. The minimum Gasteiger partial charge on any atom is -0.476 e. The molecule has 0 amide bonds. The van der Waals surface area contributed by atoms with Gasteiger partial charge in [0.2, 0.25) is 5.88 Å². The van der Waals surface area contributed by atoms with Crippen molar-refractivity contribution in [3.63, 3.8) is 0 Å². The number of para-hydroxylation sites is 1. The van der Waals surface area contributed by atoms with Crippen LogP contribution in [-0.4, -0.2) is 17.0 Å². The molecule has 0 saturated heterocycles. The van der Waals surface area contributed by atoms with Crippen LogP contribution in [0.1, 0.15) is 24.2 Å². The number of carbonyl (C=O) groups excluding carboxylic acids is 1. The molecule has 2 heterocycles. The van der Waals surface area contributed by atoms with E-state index in [1.54, 1.807) is 0 Å². The molecule has 3 heteroatoms. The van der Waals surface area contributed by atoms with Crippen molar-refractivity contribution in [3.05, 3.63) is 29.8 Å². The van der Waals surface area contributed by atoms with Crippen molar-refractivity contribution >= 4 is 16.7 Å². The van der Waals surface area contributed by atoms with E-state index in [-0.39, 0.29) is 11.7 Å². The van der Waals surface area contributed by atoms with Crippen molar-refractivity contribution in [2.45, 2.75) is 20.4 Å². The number of hydrogen-bond acceptors (Lipinski definition) is 2. The third kappa shape index (κ3) is 1.38. The minimum atomic E-state index is -0.00490. The van der Waals surface area contributed by atoms with Crippen molar-refractivity contribution < 1.29 is 9.53 Å². The first-order chi connectivity index (χ1) is 8.20. The normalized spacial score (nSPS) is 14.1. The van der Waals surface area contributed by atoms with Crippen LogP contribution in [0, 0.1) is 5.92 Å². The summed E-state index contributed by atoms with van der Waals surface area (Å²) in [5.74, 6) is 0.913. The Balaban J connectivity index is 2.33. The van der Waals surface area contributed by atoms with Crippen LogP contribution in [0.2, 0.25) is 0 Å². The molecule has 3 rings (SSSR count). The molecule has 0 unspecified atom stereocenters. The molecule has 17 heavy (non-hydrogen) atoms. The fourth-order valence-corrected chi connectivity index (χ4v) is 2.41. The maximum absolute atomic E-state index is 12.3. The van der Waals surface area contributed by atoms with Crippen LogP contribution < -0.4 is 4.74 Å². The van der Waals surface area contributed by atoms with Crippen LogP contribution >= 0.6 is 0 Å². The number of benzene rings is 1. The molecule has 0 N–H and O–H groups in total. The summed E-state index contributed by atoms with van der Waals surface area (Å²) in [4.78, 5) is 12.3. The molecule has 0 fully saturated rings. The highest BCUT2D eigenvalue weighted by atomic mass is 16.5. The Morgan fingerprint density at radius 1 is 1.35 bits per heavy atom. The number of hydrogen-bond donors (Lipinski definition) is 0. The fraction of sp³-hybridized carbons (Fsp3) is 0.357. The first-order valence-electron chi connectivity index (χ1n) is 5.98. The highest BCUT2D eigenvalue weighted by Crippen LogP contribution is 2.36. The summed E-state index contributed by atoms with van der Waals surface area (Å²) < 4.78 is 7.73. The van der Waals surface area contributed by atoms with Gasteiger partial charge in [-0.1, -0.05) is 32.0 Å². The number of ether oxygens (including phenoxy) is 1. The van der Waals surface area contributed by atoms with E-state index >= 15 is 0 Å². The topological polar surface area (TPSA) is 31.2 Å². The van der Waals surface area contributed by atoms with Crippen LogP contribution in [0.4, 0.5) is 0 Å². The molecule has 0 spiro atoms.